The molecule has 34 heavy (non-hydrogen) atoms. The molecule has 2 heterocycles. The first-order valence-electron chi connectivity index (χ1n) is 12.7. The van der Waals surface area contributed by atoms with E-state index in [0.717, 1.165) is 105 Å². The molecule has 4 rings (SSSR count). The molecule has 1 saturated carbocycles. The van der Waals surface area contributed by atoms with Crippen molar-refractivity contribution in [2.24, 2.45) is 5.92 Å². The Morgan fingerprint density at radius 1 is 1.15 bits per heavy atom. The van der Waals surface area contributed by atoms with Crippen LogP contribution < -0.4 is 5.32 Å². The fourth-order valence-electron chi connectivity index (χ4n) is 4.87. The molecule has 2 aliphatic rings. The Hall–Kier alpha value is -1.93. The molecule has 1 aliphatic carbocycles. The SMILES string of the molecule is Cc1ccc(CC(=O)Cc2nc(CCNCCN3CCOCC3)cs2)c(C(=O)C2CCCC2)c1. The van der Waals surface area contributed by atoms with Crippen LogP contribution in [0.3, 0.4) is 0 Å². The van der Waals surface area contributed by atoms with E-state index in [1.807, 2.05) is 25.1 Å². The van der Waals surface area contributed by atoms with Crippen molar-refractivity contribution in [3.63, 3.8) is 0 Å². The maximum atomic E-state index is 13.1. The van der Waals surface area contributed by atoms with Gasteiger partial charge in [0.2, 0.25) is 0 Å². The number of rotatable bonds is 12. The lowest BCUT2D eigenvalue weighted by molar-refractivity contribution is -0.117. The van der Waals surface area contributed by atoms with E-state index in [-0.39, 0.29) is 17.5 Å². The van der Waals surface area contributed by atoms with E-state index in [1.165, 1.54) is 0 Å². The summed E-state index contributed by atoms with van der Waals surface area (Å²) in [5.41, 5.74) is 3.73. The lowest BCUT2D eigenvalue weighted by Gasteiger charge is -2.26. The molecule has 1 aromatic carbocycles. The van der Waals surface area contributed by atoms with Crippen molar-refractivity contribution in [3.05, 3.63) is 51.0 Å². The van der Waals surface area contributed by atoms with Crippen LogP contribution in [0, 0.1) is 12.8 Å². The van der Waals surface area contributed by atoms with E-state index in [1.54, 1.807) is 11.3 Å². The predicted molar refractivity (Wildman–Crippen MR) is 136 cm³/mol. The largest absolute Gasteiger partial charge is 0.379 e. The highest BCUT2D eigenvalue weighted by Gasteiger charge is 2.26. The van der Waals surface area contributed by atoms with Crippen LogP contribution in [0.15, 0.2) is 23.6 Å². The number of hydrogen-bond donors (Lipinski definition) is 1. The number of nitrogens with zero attached hydrogens (tertiary/aromatic N) is 2. The number of thiazole rings is 1. The third-order valence-corrected chi connectivity index (χ3v) is 7.76. The molecular formula is C27H37N3O3S. The molecule has 1 N–H and O–H groups in total. The summed E-state index contributed by atoms with van der Waals surface area (Å²) < 4.78 is 5.38. The van der Waals surface area contributed by atoms with Crippen molar-refractivity contribution >= 4 is 22.9 Å². The zero-order chi connectivity index (χ0) is 23.8. The molecule has 1 saturated heterocycles. The molecule has 7 heteroatoms. The van der Waals surface area contributed by atoms with Crippen molar-refractivity contribution in [2.45, 2.75) is 51.9 Å². The van der Waals surface area contributed by atoms with Gasteiger partial charge < -0.3 is 10.1 Å². The summed E-state index contributed by atoms with van der Waals surface area (Å²) in [5.74, 6) is 0.468. The average molecular weight is 484 g/mol. The van der Waals surface area contributed by atoms with Crippen molar-refractivity contribution in [1.29, 1.82) is 0 Å². The van der Waals surface area contributed by atoms with Gasteiger partial charge in [0.1, 0.15) is 10.8 Å². The highest BCUT2D eigenvalue weighted by molar-refractivity contribution is 7.09. The van der Waals surface area contributed by atoms with Gasteiger partial charge in [-0.25, -0.2) is 4.98 Å². The Morgan fingerprint density at radius 2 is 1.94 bits per heavy atom. The van der Waals surface area contributed by atoms with E-state index in [0.29, 0.717) is 12.8 Å². The summed E-state index contributed by atoms with van der Waals surface area (Å²) in [7, 11) is 0. The maximum Gasteiger partial charge on any atom is 0.166 e. The number of Topliss-reactive ketones (excluding diaryl/α,β-unsaturated/α-hetero) is 2. The Bertz CT molecular complexity index is 962. The third-order valence-electron chi connectivity index (χ3n) is 6.86. The molecule has 0 radical (unpaired) electrons. The second-order valence-electron chi connectivity index (χ2n) is 9.59. The van der Waals surface area contributed by atoms with Gasteiger partial charge in [0.05, 0.1) is 25.3 Å². The fraction of sp³-hybridized carbons (Fsp3) is 0.593. The first kappa shape index (κ1) is 25.2. The van der Waals surface area contributed by atoms with Crippen LogP contribution >= 0.6 is 11.3 Å². The molecule has 0 atom stereocenters. The van der Waals surface area contributed by atoms with Gasteiger partial charge in [0, 0.05) is 62.4 Å². The molecular weight excluding hydrogens is 446 g/mol. The minimum atomic E-state index is 0.119. The summed E-state index contributed by atoms with van der Waals surface area (Å²) >= 11 is 1.56. The number of hydrogen-bond acceptors (Lipinski definition) is 7. The topological polar surface area (TPSA) is 71.5 Å². The van der Waals surface area contributed by atoms with Crippen LogP contribution in [0.25, 0.3) is 0 Å². The zero-order valence-corrected chi connectivity index (χ0v) is 21.1. The molecule has 2 fully saturated rings. The Morgan fingerprint density at radius 3 is 2.74 bits per heavy atom. The van der Waals surface area contributed by atoms with Gasteiger partial charge in [-0.05, 0) is 31.4 Å². The van der Waals surface area contributed by atoms with Gasteiger partial charge in [0.25, 0.3) is 0 Å². The third kappa shape index (κ3) is 7.28. The standard InChI is InChI=1S/C27H37N3O3S/c1-20-6-7-22(25(16-20)27(32)21-4-2-3-5-21)17-24(31)18-26-29-23(19-34-26)8-9-28-10-11-30-12-14-33-15-13-30/h6-7,16,19,21,28H,2-5,8-15,17-18H2,1H3. The second kappa shape index (κ2) is 12.7. The molecule has 6 nitrogen and oxygen atoms in total. The summed E-state index contributed by atoms with van der Waals surface area (Å²) in [6.07, 6.45) is 5.71. The molecule has 184 valence electrons. The minimum Gasteiger partial charge on any atom is -0.379 e. The van der Waals surface area contributed by atoms with Gasteiger partial charge in [0.15, 0.2) is 5.78 Å². The molecule has 1 aromatic heterocycles. The highest BCUT2D eigenvalue weighted by atomic mass is 32.1. The number of aryl methyl sites for hydroxylation is 1. The summed E-state index contributed by atoms with van der Waals surface area (Å²) in [6.45, 7) is 8.61. The van der Waals surface area contributed by atoms with Crippen LogP contribution in [-0.2, 0) is 28.8 Å². The van der Waals surface area contributed by atoms with Crippen LogP contribution in [0.5, 0.6) is 0 Å². The van der Waals surface area contributed by atoms with Gasteiger partial charge in [-0.1, -0.05) is 30.5 Å². The lowest BCUT2D eigenvalue weighted by atomic mass is 9.90. The maximum absolute atomic E-state index is 13.1. The second-order valence-corrected chi connectivity index (χ2v) is 10.5. The Labute approximate surface area is 207 Å². The molecule has 1 aliphatic heterocycles. The molecule has 0 amide bonds. The zero-order valence-electron chi connectivity index (χ0n) is 20.3. The number of nitrogens with one attached hydrogen (secondary N) is 1. The van der Waals surface area contributed by atoms with Crippen molar-refractivity contribution in [3.8, 4) is 0 Å². The lowest BCUT2D eigenvalue weighted by Crippen LogP contribution is -2.40. The quantitative estimate of drug-likeness (QED) is 0.367. The fourth-order valence-corrected chi connectivity index (χ4v) is 5.73. The summed E-state index contributed by atoms with van der Waals surface area (Å²) in [6, 6.07) is 5.93. The number of ether oxygens (including phenoxy) is 1. The number of carbonyl (C=O) groups excluding carboxylic acids is 2. The van der Waals surface area contributed by atoms with E-state index >= 15 is 0 Å². The monoisotopic (exact) mass is 483 g/mol. The molecule has 0 spiro atoms. The van der Waals surface area contributed by atoms with E-state index in [2.05, 4.69) is 20.6 Å². The van der Waals surface area contributed by atoms with Gasteiger partial charge in [-0.15, -0.1) is 11.3 Å². The number of aromatic nitrogens is 1. The number of benzene rings is 1. The van der Waals surface area contributed by atoms with Crippen LogP contribution in [-0.4, -0.2) is 67.4 Å². The number of ketones is 2. The molecule has 0 bridgehead atoms. The average Bonchev–Trinajstić information content (AvgIpc) is 3.53. The van der Waals surface area contributed by atoms with Crippen LogP contribution in [0.2, 0.25) is 0 Å². The predicted octanol–water partition coefficient (Wildman–Crippen LogP) is 3.64. The first-order chi connectivity index (χ1) is 16.6. The van der Waals surface area contributed by atoms with Gasteiger partial charge in [-0.2, -0.15) is 0 Å². The van der Waals surface area contributed by atoms with Crippen LogP contribution in [0.4, 0.5) is 0 Å². The van der Waals surface area contributed by atoms with Crippen molar-refractivity contribution in [1.82, 2.24) is 15.2 Å². The molecule has 0 unspecified atom stereocenters. The van der Waals surface area contributed by atoms with Gasteiger partial charge in [-0.3, -0.25) is 14.5 Å². The number of morpholine rings is 1. The molecule has 2 aromatic rings. The van der Waals surface area contributed by atoms with Crippen LogP contribution in [0.1, 0.15) is 57.9 Å². The summed E-state index contributed by atoms with van der Waals surface area (Å²) in [4.78, 5) is 33.0. The highest BCUT2D eigenvalue weighted by Crippen LogP contribution is 2.29. The van der Waals surface area contributed by atoms with Crippen molar-refractivity contribution in [2.75, 3.05) is 45.9 Å². The Kier molecular flexibility index (Phi) is 9.39. The van der Waals surface area contributed by atoms with E-state index in [4.69, 9.17) is 4.74 Å². The van der Waals surface area contributed by atoms with E-state index in [9.17, 15) is 9.59 Å². The smallest absolute Gasteiger partial charge is 0.166 e. The van der Waals surface area contributed by atoms with Crippen molar-refractivity contribution < 1.29 is 14.3 Å². The normalized spacial score (nSPS) is 17.3. The number of carbonyl (C=O) groups is 2. The van der Waals surface area contributed by atoms with Gasteiger partial charge >= 0.3 is 0 Å². The summed E-state index contributed by atoms with van der Waals surface area (Å²) in [5, 5.41) is 6.42. The van der Waals surface area contributed by atoms with E-state index < -0.39 is 0 Å². The Balaban J connectivity index is 1.23. The minimum absolute atomic E-state index is 0.119. The first-order valence-corrected chi connectivity index (χ1v) is 13.6.